The molecule has 12 heteroatoms. The van der Waals surface area contributed by atoms with Gasteiger partial charge in [-0.05, 0) is 62.4 Å². The van der Waals surface area contributed by atoms with Crippen LogP contribution >= 0.6 is 0 Å². The van der Waals surface area contributed by atoms with Crippen molar-refractivity contribution in [2.45, 2.75) is 58.2 Å². The van der Waals surface area contributed by atoms with Gasteiger partial charge in [-0.25, -0.2) is 14.8 Å². The van der Waals surface area contributed by atoms with Crippen LogP contribution < -0.4 is 10.6 Å². The number of hydrogen-bond donors (Lipinski definition) is 2. The summed E-state index contributed by atoms with van der Waals surface area (Å²) in [4.78, 5) is 37.3. The molecule has 2 heterocycles. The van der Waals surface area contributed by atoms with Gasteiger partial charge >= 0.3 is 12.3 Å². The molecule has 0 spiro atoms. The minimum absolute atomic E-state index is 0.0304. The number of halogens is 3. The molecule has 0 unspecified atom stereocenters. The van der Waals surface area contributed by atoms with Gasteiger partial charge in [-0.2, -0.15) is 13.2 Å². The van der Waals surface area contributed by atoms with Gasteiger partial charge in [-0.1, -0.05) is 26.7 Å². The van der Waals surface area contributed by atoms with Crippen molar-refractivity contribution in [1.29, 1.82) is 0 Å². The van der Waals surface area contributed by atoms with Crippen molar-refractivity contribution in [3.63, 3.8) is 0 Å². The third-order valence-electron chi connectivity index (χ3n) is 7.57. The molecule has 0 bridgehead atoms. The molecule has 224 valence electrons. The Kier molecular flexibility index (Phi) is 10.1. The summed E-state index contributed by atoms with van der Waals surface area (Å²) in [5.41, 5.74) is 0.0848. The van der Waals surface area contributed by atoms with Gasteiger partial charge in [0, 0.05) is 49.7 Å². The molecule has 41 heavy (non-hydrogen) atoms. The third kappa shape index (κ3) is 8.54. The summed E-state index contributed by atoms with van der Waals surface area (Å²) in [5, 5.41) is 5.83. The number of anilines is 2. The predicted molar refractivity (Wildman–Crippen MR) is 149 cm³/mol. The van der Waals surface area contributed by atoms with Crippen molar-refractivity contribution in [2.75, 3.05) is 45.2 Å². The fourth-order valence-corrected chi connectivity index (χ4v) is 5.21. The molecule has 4 rings (SSSR count). The van der Waals surface area contributed by atoms with Crippen LogP contribution in [0.3, 0.4) is 0 Å². The number of alkyl carbamates (subject to hydrolysis) is 1. The Hall–Kier alpha value is -3.41. The first-order chi connectivity index (χ1) is 19.5. The number of nitrogens with one attached hydrogen (secondary N) is 2. The minimum Gasteiger partial charge on any atom is -0.449 e. The highest BCUT2D eigenvalue weighted by molar-refractivity contribution is 5.94. The standard InChI is InChI=1S/C29H39F3N6O3/c1-19(2)18-41-28(40)36-24-7-5-4-6-21(24)16-25-23(29(30,31)32)17-33-27(35-25)34-22-10-8-20(9-11-22)26(39)38-14-12-37(3)13-15-38/h8-11,17,19,21,24H,4-7,12-16,18H2,1-3H3,(H,36,40)(H,33,34,35)/t21-,24-/m0/s1. The number of carbonyl (C=O) groups is 2. The van der Waals surface area contributed by atoms with Crippen molar-refractivity contribution < 1.29 is 27.5 Å². The number of carbonyl (C=O) groups excluding carboxylic acids is 2. The first-order valence-corrected chi connectivity index (χ1v) is 14.2. The molecule has 1 aliphatic heterocycles. The SMILES string of the molecule is CC(C)COC(=O)N[C@H]1CCCC[C@H]1Cc1nc(Nc2ccc(C(=O)N3CCN(C)CC3)cc2)ncc1C(F)(F)F. The highest BCUT2D eigenvalue weighted by Crippen LogP contribution is 2.35. The number of ether oxygens (including phenoxy) is 1. The smallest absolute Gasteiger partial charge is 0.419 e. The van der Waals surface area contributed by atoms with Gasteiger partial charge in [0.05, 0.1) is 17.9 Å². The van der Waals surface area contributed by atoms with E-state index in [0.717, 1.165) is 32.1 Å². The van der Waals surface area contributed by atoms with Gasteiger partial charge in [-0.3, -0.25) is 4.79 Å². The van der Waals surface area contributed by atoms with E-state index in [1.807, 2.05) is 25.8 Å². The van der Waals surface area contributed by atoms with Crippen molar-refractivity contribution in [3.05, 3.63) is 47.3 Å². The van der Waals surface area contributed by atoms with Crippen LogP contribution in [-0.2, 0) is 17.3 Å². The lowest BCUT2D eigenvalue weighted by molar-refractivity contribution is -0.138. The number of amides is 2. The maximum atomic E-state index is 13.9. The Morgan fingerprint density at radius 2 is 1.76 bits per heavy atom. The summed E-state index contributed by atoms with van der Waals surface area (Å²) in [7, 11) is 2.02. The van der Waals surface area contributed by atoms with Crippen LogP contribution in [0.2, 0.25) is 0 Å². The van der Waals surface area contributed by atoms with Crippen LogP contribution in [0.4, 0.5) is 29.6 Å². The monoisotopic (exact) mass is 576 g/mol. The maximum absolute atomic E-state index is 13.9. The maximum Gasteiger partial charge on any atom is 0.419 e. The summed E-state index contributed by atoms with van der Waals surface area (Å²) < 4.78 is 47.0. The number of likely N-dealkylation sites (N-methyl/N-ethyl adjacent to an activating group) is 1. The van der Waals surface area contributed by atoms with E-state index >= 15 is 0 Å². The molecule has 2 atom stereocenters. The molecule has 2 N–H and O–H groups in total. The van der Waals surface area contributed by atoms with E-state index in [1.54, 1.807) is 24.3 Å². The Morgan fingerprint density at radius 1 is 1.07 bits per heavy atom. The topological polar surface area (TPSA) is 99.7 Å². The molecule has 2 fully saturated rings. The van der Waals surface area contributed by atoms with Crippen LogP contribution in [0.15, 0.2) is 30.5 Å². The molecular formula is C29H39F3N6O3. The van der Waals surface area contributed by atoms with Crippen molar-refractivity contribution in [2.24, 2.45) is 11.8 Å². The van der Waals surface area contributed by atoms with Gasteiger partial charge in [0.1, 0.15) is 0 Å². The summed E-state index contributed by atoms with van der Waals surface area (Å²) in [6, 6.07) is 6.44. The second-order valence-corrected chi connectivity index (χ2v) is 11.3. The molecule has 0 radical (unpaired) electrons. The zero-order chi connectivity index (χ0) is 29.6. The first-order valence-electron chi connectivity index (χ1n) is 14.2. The van der Waals surface area contributed by atoms with Gasteiger partial charge in [0.2, 0.25) is 5.95 Å². The number of rotatable bonds is 8. The summed E-state index contributed by atoms with van der Waals surface area (Å²) >= 11 is 0. The number of nitrogens with zero attached hydrogens (tertiary/aromatic N) is 4. The Balaban J connectivity index is 1.46. The number of hydrogen-bond acceptors (Lipinski definition) is 7. The zero-order valence-electron chi connectivity index (χ0n) is 23.8. The normalized spacial score (nSPS) is 20.1. The van der Waals surface area contributed by atoms with E-state index in [0.29, 0.717) is 37.2 Å². The van der Waals surface area contributed by atoms with E-state index < -0.39 is 17.8 Å². The molecule has 1 saturated heterocycles. The summed E-state index contributed by atoms with van der Waals surface area (Å²) in [5.74, 6) is -0.0684. The van der Waals surface area contributed by atoms with Crippen LogP contribution in [0, 0.1) is 11.8 Å². The molecule has 1 aromatic carbocycles. The molecule has 2 aliphatic rings. The molecule has 1 aromatic heterocycles. The third-order valence-corrected chi connectivity index (χ3v) is 7.57. The van der Waals surface area contributed by atoms with E-state index in [4.69, 9.17) is 4.74 Å². The Bertz CT molecular complexity index is 1180. The molecule has 1 aliphatic carbocycles. The predicted octanol–water partition coefficient (Wildman–Crippen LogP) is 5.11. The summed E-state index contributed by atoms with van der Waals surface area (Å²) in [6.07, 6.45) is -1.25. The second kappa shape index (κ2) is 13.5. The highest BCUT2D eigenvalue weighted by Gasteiger charge is 2.37. The lowest BCUT2D eigenvalue weighted by Gasteiger charge is -2.32. The van der Waals surface area contributed by atoms with Crippen LogP contribution in [0.1, 0.15) is 61.1 Å². The summed E-state index contributed by atoms with van der Waals surface area (Å²) in [6.45, 7) is 7.09. The number of piperazine rings is 1. The van der Waals surface area contributed by atoms with Crippen molar-refractivity contribution >= 4 is 23.6 Å². The Labute approximate surface area is 238 Å². The lowest BCUT2D eigenvalue weighted by atomic mass is 9.81. The molecular weight excluding hydrogens is 537 g/mol. The number of alkyl halides is 3. The van der Waals surface area contributed by atoms with E-state index in [9.17, 15) is 22.8 Å². The molecule has 9 nitrogen and oxygen atoms in total. The first kappa shape index (κ1) is 30.5. The van der Waals surface area contributed by atoms with Gasteiger partial charge in [-0.15, -0.1) is 0 Å². The fourth-order valence-electron chi connectivity index (χ4n) is 5.21. The number of benzene rings is 1. The van der Waals surface area contributed by atoms with E-state index in [1.165, 1.54) is 0 Å². The van der Waals surface area contributed by atoms with Crippen LogP contribution in [0.5, 0.6) is 0 Å². The van der Waals surface area contributed by atoms with Crippen molar-refractivity contribution in [1.82, 2.24) is 25.1 Å². The quantitative estimate of drug-likeness (QED) is 0.451. The van der Waals surface area contributed by atoms with Crippen molar-refractivity contribution in [3.8, 4) is 0 Å². The number of aromatic nitrogens is 2. The van der Waals surface area contributed by atoms with Gasteiger partial charge < -0.3 is 25.2 Å². The zero-order valence-corrected chi connectivity index (χ0v) is 23.8. The minimum atomic E-state index is -4.62. The van der Waals surface area contributed by atoms with Gasteiger partial charge in [0.25, 0.3) is 5.91 Å². The average Bonchev–Trinajstić information content (AvgIpc) is 2.93. The molecule has 2 amide bonds. The van der Waals surface area contributed by atoms with E-state index in [2.05, 4.69) is 25.5 Å². The molecule has 1 saturated carbocycles. The average molecular weight is 577 g/mol. The van der Waals surface area contributed by atoms with E-state index in [-0.39, 0.29) is 48.5 Å². The lowest BCUT2D eigenvalue weighted by Crippen LogP contribution is -2.47. The second-order valence-electron chi connectivity index (χ2n) is 11.3. The van der Waals surface area contributed by atoms with Gasteiger partial charge in [0.15, 0.2) is 0 Å². The molecule has 2 aromatic rings. The highest BCUT2D eigenvalue weighted by atomic mass is 19.4. The van der Waals surface area contributed by atoms with Crippen LogP contribution in [0.25, 0.3) is 0 Å². The Morgan fingerprint density at radius 3 is 2.41 bits per heavy atom. The largest absolute Gasteiger partial charge is 0.449 e. The fraction of sp³-hybridized carbons (Fsp3) is 0.586. The van der Waals surface area contributed by atoms with Crippen LogP contribution in [-0.4, -0.2) is 77.6 Å².